The maximum absolute atomic E-state index is 11.5. The van der Waals surface area contributed by atoms with Crippen LogP contribution in [0.5, 0.6) is 0 Å². The predicted molar refractivity (Wildman–Crippen MR) is 60.8 cm³/mol. The molecule has 1 aromatic heterocycles. The minimum atomic E-state index is -1.18. The van der Waals surface area contributed by atoms with Gasteiger partial charge in [0.15, 0.2) is 0 Å². The van der Waals surface area contributed by atoms with E-state index in [1.165, 1.54) is 34.9 Å². The van der Waals surface area contributed by atoms with E-state index in [0.717, 1.165) is 4.88 Å². The molecule has 1 aliphatic rings. The second kappa shape index (κ2) is 4.47. The van der Waals surface area contributed by atoms with Crippen LogP contribution in [-0.4, -0.2) is 28.6 Å². The van der Waals surface area contributed by atoms with Gasteiger partial charge in [0.2, 0.25) is 5.91 Å². The number of hydrogen-bond acceptors (Lipinski definition) is 5. The van der Waals surface area contributed by atoms with Crippen molar-refractivity contribution in [2.24, 2.45) is 0 Å². The third-order valence-corrected chi connectivity index (χ3v) is 4.80. The molecule has 6 heteroatoms. The van der Waals surface area contributed by atoms with Crippen LogP contribution in [0.2, 0.25) is 0 Å². The zero-order chi connectivity index (χ0) is 11.7. The van der Waals surface area contributed by atoms with E-state index < -0.39 is 12.0 Å². The SMILES string of the molecule is CC(=O)N1[C@@H](C(=O)[O-])CS[C@@H]1c1cccs1. The van der Waals surface area contributed by atoms with E-state index in [0.29, 0.717) is 5.75 Å². The Morgan fingerprint density at radius 2 is 2.31 bits per heavy atom. The number of amides is 1. The first-order valence-corrected chi connectivity index (χ1v) is 6.69. The molecule has 1 aliphatic heterocycles. The third kappa shape index (κ3) is 1.94. The summed E-state index contributed by atoms with van der Waals surface area (Å²) in [7, 11) is 0. The van der Waals surface area contributed by atoms with Crippen LogP contribution >= 0.6 is 23.1 Å². The smallest absolute Gasteiger partial charge is 0.221 e. The third-order valence-electron chi connectivity index (χ3n) is 2.42. The summed E-state index contributed by atoms with van der Waals surface area (Å²) >= 11 is 2.99. The van der Waals surface area contributed by atoms with Crippen LogP contribution in [0, 0.1) is 0 Å². The van der Waals surface area contributed by atoms with E-state index in [-0.39, 0.29) is 11.3 Å². The molecule has 1 saturated heterocycles. The van der Waals surface area contributed by atoms with Crippen LogP contribution < -0.4 is 5.11 Å². The summed E-state index contributed by atoms with van der Waals surface area (Å²) in [6.45, 7) is 1.39. The highest BCUT2D eigenvalue weighted by Crippen LogP contribution is 2.42. The molecule has 0 unspecified atom stereocenters. The molecule has 16 heavy (non-hydrogen) atoms. The maximum Gasteiger partial charge on any atom is 0.221 e. The summed E-state index contributed by atoms with van der Waals surface area (Å²) in [5.74, 6) is -1.01. The molecule has 2 rings (SSSR count). The molecule has 0 N–H and O–H groups in total. The van der Waals surface area contributed by atoms with E-state index in [1.54, 1.807) is 0 Å². The van der Waals surface area contributed by atoms with Gasteiger partial charge >= 0.3 is 0 Å². The number of thioether (sulfide) groups is 1. The second-order valence-electron chi connectivity index (χ2n) is 3.46. The molecular formula is C10H10NO3S2-. The monoisotopic (exact) mass is 256 g/mol. The second-order valence-corrected chi connectivity index (χ2v) is 5.55. The van der Waals surface area contributed by atoms with Crippen molar-refractivity contribution in [2.75, 3.05) is 5.75 Å². The lowest BCUT2D eigenvalue weighted by molar-refractivity contribution is -0.310. The number of rotatable bonds is 2. The van der Waals surface area contributed by atoms with Gasteiger partial charge in [0.05, 0.1) is 12.0 Å². The number of nitrogens with zero attached hydrogens (tertiary/aromatic N) is 1. The topological polar surface area (TPSA) is 60.4 Å². The van der Waals surface area contributed by atoms with E-state index in [2.05, 4.69) is 0 Å². The highest BCUT2D eigenvalue weighted by Gasteiger charge is 2.37. The van der Waals surface area contributed by atoms with Gasteiger partial charge in [-0.1, -0.05) is 6.07 Å². The molecule has 1 fully saturated rings. The lowest BCUT2D eigenvalue weighted by atomic mass is 10.2. The average Bonchev–Trinajstić information content (AvgIpc) is 2.85. The van der Waals surface area contributed by atoms with Crippen LogP contribution in [-0.2, 0) is 9.59 Å². The Hall–Kier alpha value is -1.01. The lowest BCUT2D eigenvalue weighted by Crippen LogP contribution is -2.48. The Balaban J connectivity index is 2.28. The molecule has 4 nitrogen and oxygen atoms in total. The van der Waals surface area contributed by atoms with Gasteiger partial charge in [-0.3, -0.25) is 4.79 Å². The standard InChI is InChI=1S/C10H11NO3S2/c1-6(12)11-7(10(13)14)5-16-9(11)8-3-2-4-15-8/h2-4,7,9H,5H2,1H3,(H,13,14)/p-1/t7-,9-/m1/s1. The Morgan fingerprint density at radius 1 is 1.56 bits per heavy atom. The molecular weight excluding hydrogens is 246 g/mol. The first kappa shape index (κ1) is 11.5. The number of thiophene rings is 1. The number of carboxylic acids is 1. The molecule has 1 aromatic rings. The fourth-order valence-electron chi connectivity index (χ4n) is 1.72. The molecule has 0 saturated carbocycles. The summed E-state index contributed by atoms with van der Waals surface area (Å²) in [5.41, 5.74) is 0. The van der Waals surface area contributed by atoms with Crippen LogP contribution in [0.1, 0.15) is 17.2 Å². The Morgan fingerprint density at radius 3 is 2.81 bits per heavy atom. The van der Waals surface area contributed by atoms with Crippen molar-refractivity contribution >= 4 is 35.0 Å². The minimum absolute atomic E-state index is 0.180. The zero-order valence-corrected chi connectivity index (χ0v) is 10.2. The van der Waals surface area contributed by atoms with E-state index in [1.807, 2.05) is 17.5 Å². The summed E-state index contributed by atoms with van der Waals surface area (Å²) in [6, 6.07) is 3.00. The van der Waals surface area contributed by atoms with Gasteiger partial charge in [-0.05, 0) is 11.4 Å². The minimum Gasteiger partial charge on any atom is -0.548 e. The van der Waals surface area contributed by atoms with E-state index in [4.69, 9.17) is 0 Å². The fourth-order valence-corrected chi connectivity index (χ4v) is 4.16. The van der Waals surface area contributed by atoms with Crippen molar-refractivity contribution in [3.8, 4) is 0 Å². The number of carbonyl (C=O) groups is 2. The van der Waals surface area contributed by atoms with Crippen molar-refractivity contribution in [2.45, 2.75) is 18.3 Å². The Labute approximate surface area is 101 Å². The zero-order valence-electron chi connectivity index (χ0n) is 8.58. The summed E-state index contributed by atoms with van der Waals surface area (Å²) < 4.78 is 0. The molecule has 0 aliphatic carbocycles. The van der Waals surface area contributed by atoms with Crippen molar-refractivity contribution < 1.29 is 14.7 Å². The van der Waals surface area contributed by atoms with Crippen LogP contribution in [0.3, 0.4) is 0 Å². The Kier molecular flexibility index (Phi) is 3.20. The number of carboxylic acid groups (broad SMARTS) is 1. The number of hydrogen-bond donors (Lipinski definition) is 0. The largest absolute Gasteiger partial charge is 0.548 e. The quantitative estimate of drug-likeness (QED) is 0.771. The van der Waals surface area contributed by atoms with Gasteiger partial charge in [-0.2, -0.15) is 0 Å². The van der Waals surface area contributed by atoms with Crippen molar-refractivity contribution in [1.82, 2.24) is 4.90 Å². The van der Waals surface area contributed by atoms with Gasteiger partial charge < -0.3 is 14.8 Å². The van der Waals surface area contributed by atoms with Gasteiger partial charge in [0.25, 0.3) is 0 Å². The fraction of sp³-hybridized carbons (Fsp3) is 0.400. The number of carbonyl (C=O) groups excluding carboxylic acids is 2. The highest BCUT2D eigenvalue weighted by atomic mass is 32.2. The molecule has 86 valence electrons. The summed E-state index contributed by atoms with van der Waals surface area (Å²) in [6.07, 6.45) is 0. The summed E-state index contributed by atoms with van der Waals surface area (Å²) in [4.78, 5) is 24.8. The predicted octanol–water partition coefficient (Wildman–Crippen LogP) is 0.461. The highest BCUT2D eigenvalue weighted by molar-refractivity contribution is 7.99. The van der Waals surface area contributed by atoms with Crippen molar-refractivity contribution in [3.63, 3.8) is 0 Å². The van der Waals surface area contributed by atoms with Gasteiger partial charge in [0, 0.05) is 17.6 Å². The van der Waals surface area contributed by atoms with Crippen LogP contribution in [0.15, 0.2) is 17.5 Å². The molecule has 0 radical (unpaired) electrons. The first-order valence-electron chi connectivity index (χ1n) is 4.76. The molecule has 0 spiro atoms. The van der Waals surface area contributed by atoms with Crippen LogP contribution in [0.4, 0.5) is 0 Å². The first-order chi connectivity index (χ1) is 7.61. The van der Waals surface area contributed by atoms with Gasteiger partial charge in [-0.25, -0.2) is 0 Å². The number of aliphatic carboxylic acids is 1. The maximum atomic E-state index is 11.5. The Bertz CT molecular complexity index is 404. The molecule has 2 atom stereocenters. The van der Waals surface area contributed by atoms with E-state index >= 15 is 0 Å². The van der Waals surface area contributed by atoms with Gasteiger partial charge in [0.1, 0.15) is 5.37 Å². The average molecular weight is 256 g/mol. The molecule has 1 amide bonds. The van der Waals surface area contributed by atoms with Crippen molar-refractivity contribution in [1.29, 1.82) is 0 Å². The normalized spacial score (nSPS) is 24.7. The van der Waals surface area contributed by atoms with Gasteiger partial charge in [-0.15, -0.1) is 23.1 Å². The van der Waals surface area contributed by atoms with E-state index in [9.17, 15) is 14.7 Å². The molecule has 0 aromatic carbocycles. The van der Waals surface area contributed by atoms with Crippen LogP contribution in [0.25, 0.3) is 0 Å². The summed E-state index contributed by atoms with van der Waals surface area (Å²) in [5, 5.41) is 12.7. The lowest BCUT2D eigenvalue weighted by Gasteiger charge is -2.28. The molecule has 0 bridgehead atoms. The molecule has 2 heterocycles. The van der Waals surface area contributed by atoms with Crippen molar-refractivity contribution in [3.05, 3.63) is 22.4 Å².